The lowest BCUT2D eigenvalue weighted by Gasteiger charge is -2.19. The van der Waals surface area contributed by atoms with Gasteiger partial charge >= 0.3 is 0 Å². The monoisotopic (exact) mass is 712 g/mol. The van der Waals surface area contributed by atoms with Crippen molar-refractivity contribution < 1.29 is 9.47 Å². The third kappa shape index (κ3) is 5.44. The van der Waals surface area contributed by atoms with Crippen molar-refractivity contribution in [3.05, 3.63) is 135 Å². The van der Waals surface area contributed by atoms with Crippen LogP contribution < -0.4 is 19.3 Å². The molecule has 0 saturated carbocycles. The molecule has 2 aliphatic rings. The van der Waals surface area contributed by atoms with E-state index in [0.717, 1.165) is 69.1 Å². The molecule has 8 aromatic rings. The molecule has 264 valence electrons. The highest BCUT2D eigenvalue weighted by atomic mass is 16.5. The van der Waals surface area contributed by atoms with Crippen LogP contribution in [0.15, 0.2) is 135 Å². The van der Waals surface area contributed by atoms with Crippen molar-refractivity contribution in [2.24, 2.45) is 0 Å². The van der Waals surface area contributed by atoms with Crippen LogP contribution in [0.1, 0.15) is 0 Å². The Bertz CT molecular complexity index is 2560. The number of hydrogen-bond donors (Lipinski definition) is 0. The van der Waals surface area contributed by atoms with Crippen LogP contribution in [-0.4, -0.2) is 76.3 Å². The molecule has 0 fully saturated rings. The molecular weight excluding hydrogens is 681 g/mol. The van der Waals surface area contributed by atoms with Gasteiger partial charge in [0, 0.05) is 85.3 Å². The van der Waals surface area contributed by atoms with Gasteiger partial charge in [0.1, 0.15) is 48.3 Å². The normalized spacial score (nSPS) is 14.0. The molecule has 4 aromatic carbocycles. The van der Waals surface area contributed by atoms with E-state index in [1.165, 1.54) is 25.3 Å². The van der Waals surface area contributed by atoms with Crippen molar-refractivity contribution in [1.82, 2.24) is 48.8 Å². The van der Waals surface area contributed by atoms with Crippen LogP contribution >= 0.6 is 0 Å². The first-order valence-electron chi connectivity index (χ1n) is 17.3. The van der Waals surface area contributed by atoms with Crippen molar-refractivity contribution in [3.63, 3.8) is 0 Å². The Hall–Kier alpha value is -7.48. The highest BCUT2D eigenvalue weighted by Crippen LogP contribution is 2.42. The maximum atomic E-state index is 6.50. The van der Waals surface area contributed by atoms with E-state index in [-0.39, 0.29) is 0 Å². The van der Waals surface area contributed by atoms with Crippen LogP contribution in [0.3, 0.4) is 0 Å². The van der Waals surface area contributed by atoms with Gasteiger partial charge in [0.05, 0.1) is 35.4 Å². The summed E-state index contributed by atoms with van der Waals surface area (Å²) < 4.78 is 17.1. The fourth-order valence-corrected chi connectivity index (χ4v) is 7.10. The molecule has 0 spiro atoms. The summed E-state index contributed by atoms with van der Waals surface area (Å²) in [7, 11) is 4.09. The minimum absolute atomic E-state index is 0.461. The molecule has 10 rings (SSSR count). The standard InChI is InChI=1S/C40H32N12O2/c1-47-13-15-49(25-47)27-5-3-7-29(17-27)53-31-9-11-33-35(19-31)51(39-43-21-41-22-44-39)38-34-12-10-32(20-36(34)52(37(33)38)40-45-23-42-24-46-40)54-30-8-4-6-28(18-30)50-16-14-48(2)26-50/h3-24H,25-26H2,1-2H3. The van der Waals surface area contributed by atoms with E-state index in [1.54, 1.807) is 0 Å². The van der Waals surface area contributed by atoms with Gasteiger partial charge in [0.25, 0.3) is 0 Å². The number of fused-ring (bicyclic) bond motifs is 5. The molecule has 0 atom stereocenters. The van der Waals surface area contributed by atoms with Crippen LogP contribution in [-0.2, 0) is 0 Å². The summed E-state index contributed by atoms with van der Waals surface area (Å²) in [5.74, 6) is 3.69. The fourth-order valence-electron chi connectivity index (χ4n) is 7.10. The summed E-state index contributed by atoms with van der Waals surface area (Å²) in [5, 5.41) is 1.85. The first-order valence-corrected chi connectivity index (χ1v) is 17.3. The van der Waals surface area contributed by atoms with Crippen molar-refractivity contribution in [2.45, 2.75) is 0 Å². The van der Waals surface area contributed by atoms with Crippen LogP contribution in [0.4, 0.5) is 11.4 Å². The second-order valence-electron chi connectivity index (χ2n) is 13.1. The highest BCUT2D eigenvalue weighted by molar-refractivity contribution is 6.20. The maximum absolute atomic E-state index is 6.50. The Morgan fingerprint density at radius 2 is 0.907 bits per heavy atom. The van der Waals surface area contributed by atoms with Gasteiger partial charge in [-0.15, -0.1) is 0 Å². The first kappa shape index (κ1) is 31.3. The second kappa shape index (κ2) is 12.6. The molecule has 0 radical (unpaired) electrons. The van der Waals surface area contributed by atoms with Crippen molar-refractivity contribution >= 4 is 44.2 Å². The molecule has 0 amide bonds. The third-order valence-electron chi connectivity index (χ3n) is 9.48. The lowest BCUT2D eigenvalue weighted by molar-refractivity contribution is 0.481. The summed E-state index contributed by atoms with van der Waals surface area (Å²) in [5.41, 5.74) is 5.50. The topological polar surface area (TPSA) is 119 Å². The second-order valence-corrected chi connectivity index (χ2v) is 13.1. The Morgan fingerprint density at radius 1 is 0.481 bits per heavy atom. The van der Waals surface area contributed by atoms with Gasteiger partial charge in [-0.05, 0) is 48.5 Å². The van der Waals surface area contributed by atoms with Crippen molar-refractivity contribution in [3.8, 4) is 34.9 Å². The largest absolute Gasteiger partial charge is 0.457 e. The molecular formula is C40H32N12O2. The molecule has 0 N–H and O–H groups in total. The van der Waals surface area contributed by atoms with Gasteiger partial charge in [-0.2, -0.15) is 0 Å². The molecule has 0 aliphatic carbocycles. The van der Waals surface area contributed by atoms with E-state index in [4.69, 9.17) is 9.47 Å². The third-order valence-corrected chi connectivity index (χ3v) is 9.48. The molecule has 14 nitrogen and oxygen atoms in total. The first-order chi connectivity index (χ1) is 26.6. The molecule has 0 saturated heterocycles. The van der Waals surface area contributed by atoms with Crippen LogP contribution in [0.25, 0.3) is 44.7 Å². The maximum Gasteiger partial charge on any atom is 0.237 e. The number of ether oxygens (including phenoxy) is 2. The number of nitrogens with zero attached hydrogens (tertiary/aromatic N) is 12. The number of aromatic nitrogens is 8. The Morgan fingerprint density at radius 3 is 1.31 bits per heavy atom. The van der Waals surface area contributed by atoms with Gasteiger partial charge in [-0.3, -0.25) is 9.13 Å². The number of benzene rings is 4. The van der Waals surface area contributed by atoms with Crippen molar-refractivity contribution in [1.29, 1.82) is 0 Å². The van der Waals surface area contributed by atoms with Crippen LogP contribution in [0.2, 0.25) is 0 Å². The number of anilines is 2. The summed E-state index contributed by atoms with van der Waals surface area (Å²) in [6, 6.07) is 28.2. The average molecular weight is 713 g/mol. The molecule has 2 aliphatic heterocycles. The highest BCUT2D eigenvalue weighted by Gasteiger charge is 2.25. The van der Waals surface area contributed by atoms with Crippen LogP contribution in [0, 0.1) is 0 Å². The Kier molecular flexibility index (Phi) is 7.31. The van der Waals surface area contributed by atoms with Crippen LogP contribution in [0.5, 0.6) is 23.0 Å². The SMILES string of the molecule is CN1C=CN(c2cccc(Oc3ccc4c(c3)n(-c3ncncn3)c3c5ccc(Oc6cccc(N7C=CN(C)C7)c6)cc5n(-c5ncncn5)c43)c2)C1. The predicted octanol–water partition coefficient (Wildman–Crippen LogP) is 7.04. The van der Waals surface area contributed by atoms with E-state index in [1.807, 2.05) is 96.3 Å². The zero-order chi connectivity index (χ0) is 36.2. The minimum atomic E-state index is 0.461. The van der Waals surface area contributed by atoms with Gasteiger partial charge in [-0.1, -0.05) is 12.1 Å². The van der Waals surface area contributed by atoms with E-state index in [9.17, 15) is 0 Å². The lowest BCUT2D eigenvalue weighted by Crippen LogP contribution is -2.21. The predicted molar refractivity (Wildman–Crippen MR) is 206 cm³/mol. The van der Waals surface area contributed by atoms with E-state index < -0.39 is 0 Å². The molecule has 14 heteroatoms. The molecule has 0 unspecified atom stereocenters. The average Bonchev–Trinajstić information content (AvgIpc) is 3.99. The summed E-state index contributed by atoms with van der Waals surface area (Å²) in [6.45, 7) is 1.55. The minimum Gasteiger partial charge on any atom is -0.457 e. The number of hydrogen-bond acceptors (Lipinski definition) is 12. The Balaban J connectivity index is 1.12. The van der Waals surface area contributed by atoms with E-state index in [0.29, 0.717) is 23.4 Å². The summed E-state index contributed by atoms with van der Waals surface area (Å²) >= 11 is 0. The van der Waals surface area contributed by atoms with Gasteiger partial charge < -0.3 is 29.1 Å². The smallest absolute Gasteiger partial charge is 0.237 e. The quantitative estimate of drug-likeness (QED) is 0.161. The zero-order valence-electron chi connectivity index (χ0n) is 29.3. The number of rotatable bonds is 8. The molecule has 54 heavy (non-hydrogen) atoms. The van der Waals surface area contributed by atoms with E-state index in [2.05, 4.69) is 86.2 Å². The lowest BCUT2D eigenvalue weighted by atomic mass is 10.2. The van der Waals surface area contributed by atoms with Gasteiger partial charge in [0.15, 0.2) is 0 Å². The fraction of sp³-hybridized carbons (Fsp3) is 0.100. The van der Waals surface area contributed by atoms with Gasteiger partial charge in [-0.25, -0.2) is 29.9 Å². The molecule has 6 heterocycles. The molecule has 4 aromatic heterocycles. The Labute approximate surface area is 309 Å². The van der Waals surface area contributed by atoms with E-state index >= 15 is 0 Å². The molecule has 0 bridgehead atoms. The summed E-state index contributed by atoms with van der Waals surface area (Å²) in [6.07, 6.45) is 14.2. The van der Waals surface area contributed by atoms with Crippen molar-refractivity contribution in [2.75, 3.05) is 37.2 Å². The summed E-state index contributed by atoms with van der Waals surface area (Å²) in [4.78, 5) is 35.2. The zero-order valence-corrected chi connectivity index (χ0v) is 29.3. The van der Waals surface area contributed by atoms with Gasteiger partial charge in [0.2, 0.25) is 11.9 Å².